The zero-order chi connectivity index (χ0) is 18.4. The molecule has 0 saturated heterocycles. The third kappa shape index (κ3) is 5.69. The number of Topliss-reactive ketones (excluding diaryl/α,β-unsaturated/α-hetero) is 1. The lowest BCUT2D eigenvalue weighted by Gasteiger charge is -2.10. The van der Waals surface area contributed by atoms with Crippen LogP contribution in [0.25, 0.3) is 0 Å². The predicted molar refractivity (Wildman–Crippen MR) is 98.4 cm³/mol. The van der Waals surface area contributed by atoms with Crippen LogP contribution in [0.5, 0.6) is 0 Å². The molecule has 0 fully saturated rings. The number of anilines is 1. The van der Waals surface area contributed by atoms with E-state index < -0.39 is 11.9 Å². The molecule has 5 nitrogen and oxygen atoms in total. The first kappa shape index (κ1) is 19.1. The van der Waals surface area contributed by atoms with Gasteiger partial charge in [0, 0.05) is 12.1 Å². The number of hydrogen-bond donors (Lipinski definition) is 1. The molecule has 1 aromatic carbocycles. The molecule has 7 heteroatoms. The number of nitrogens with one attached hydrogen (secondary N) is 1. The first-order valence-corrected chi connectivity index (χ1v) is 8.86. The van der Waals surface area contributed by atoms with Gasteiger partial charge in [0.1, 0.15) is 0 Å². The van der Waals surface area contributed by atoms with Gasteiger partial charge in [0.05, 0.1) is 15.6 Å². The standard InChI is InChI=1S/C18H18ClNO4S/c1-11-4-3-5-13(12(11)2)20-17(22)10-24-18(23)9-6-14(21)15-7-8-16(19)25-15/h3-5,7-8H,6,9-10H2,1-2H3,(H,20,22). The number of aryl methyl sites for hydroxylation is 1. The van der Waals surface area contributed by atoms with Crippen LogP contribution < -0.4 is 5.32 Å². The molecule has 0 radical (unpaired) electrons. The summed E-state index contributed by atoms with van der Waals surface area (Å²) in [5, 5.41) is 2.70. The molecular formula is C18H18ClNO4S. The Morgan fingerprint density at radius 1 is 1.12 bits per heavy atom. The zero-order valence-electron chi connectivity index (χ0n) is 13.9. The molecule has 2 aromatic rings. The van der Waals surface area contributed by atoms with E-state index in [9.17, 15) is 14.4 Å². The summed E-state index contributed by atoms with van der Waals surface area (Å²) in [5.74, 6) is -1.18. The van der Waals surface area contributed by atoms with Gasteiger partial charge in [0.25, 0.3) is 5.91 Å². The van der Waals surface area contributed by atoms with E-state index in [4.69, 9.17) is 16.3 Å². The second-order valence-electron chi connectivity index (χ2n) is 5.48. The molecule has 0 atom stereocenters. The number of ketones is 1. The van der Waals surface area contributed by atoms with E-state index in [1.807, 2.05) is 26.0 Å². The maximum Gasteiger partial charge on any atom is 0.306 e. The monoisotopic (exact) mass is 379 g/mol. The fourth-order valence-corrected chi connectivity index (χ4v) is 3.10. The molecule has 0 unspecified atom stereocenters. The van der Waals surface area contributed by atoms with Gasteiger partial charge < -0.3 is 10.1 Å². The lowest BCUT2D eigenvalue weighted by Crippen LogP contribution is -2.21. The maximum absolute atomic E-state index is 11.9. The van der Waals surface area contributed by atoms with E-state index in [0.29, 0.717) is 14.9 Å². The van der Waals surface area contributed by atoms with Crippen LogP contribution in [0.2, 0.25) is 4.34 Å². The van der Waals surface area contributed by atoms with Gasteiger partial charge in [-0.15, -0.1) is 11.3 Å². The molecule has 0 saturated carbocycles. The van der Waals surface area contributed by atoms with Crippen molar-refractivity contribution in [3.05, 3.63) is 50.7 Å². The van der Waals surface area contributed by atoms with Gasteiger partial charge in [0.15, 0.2) is 12.4 Å². The van der Waals surface area contributed by atoms with Crippen molar-refractivity contribution in [3.63, 3.8) is 0 Å². The molecule has 1 aromatic heterocycles. The molecule has 2 rings (SSSR count). The zero-order valence-corrected chi connectivity index (χ0v) is 15.5. The number of hydrogen-bond acceptors (Lipinski definition) is 5. The van der Waals surface area contributed by atoms with Crippen molar-refractivity contribution in [2.24, 2.45) is 0 Å². The Labute approximate surface area is 154 Å². The third-order valence-corrected chi connectivity index (χ3v) is 4.92. The van der Waals surface area contributed by atoms with Crippen molar-refractivity contribution in [1.29, 1.82) is 0 Å². The van der Waals surface area contributed by atoms with Crippen molar-refractivity contribution in [1.82, 2.24) is 0 Å². The molecule has 132 valence electrons. The fraction of sp³-hybridized carbons (Fsp3) is 0.278. The van der Waals surface area contributed by atoms with Crippen LogP contribution in [0.3, 0.4) is 0 Å². The number of thiophene rings is 1. The highest BCUT2D eigenvalue weighted by atomic mass is 35.5. The van der Waals surface area contributed by atoms with Crippen LogP contribution in [0.4, 0.5) is 5.69 Å². The summed E-state index contributed by atoms with van der Waals surface area (Å²) in [4.78, 5) is 35.9. The van der Waals surface area contributed by atoms with E-state index in [2.05, 4.69) is 5.32 Å². The summed E-state index contributed by atoms with van der Waals surface area (Å²) in [7, 11) is 0. The molecule has 0 aliphatic carbocycles. The topological polar surface area (TPSA) is 72.5 Å². The van der Waals surface area contributed by atoms with Gasteiger partial charge >= 0.3 is 5.97 Å². The van der Waals surface area contributed by atoms with E-state index >= 15 is 0 Å². The van der Waals surface area contributed by atoms with Crippen molar-refractivity contribution in [2.75, 3.05) is 11.9 Å². The van der Waals surface area contributed by atoms with Gasteiger partial charge in [-0.3, -0.25) is 14.4 Å². The summed E-state index contributed by atoms with van der Waals surface area (Å²) in [6.45, 7) is 3.47. The van der Waals surface area contributed by atoms with Gasteiger partial charge in [-0.2, -0.15) is 0 Å². The van der Waals surface area contributed by atoms with E-state index in [-0.39, 0.29) is 25.2 Å². The SMILES string of the molecule is Cc1cccc(NC(=O)COC(=O)CCC(=O)c2ccc(Cl)s2)c1C. The molecule has 1 N–H and O–H groups in total. The lowest BCUT2D eigenvalue weighted by atomic mass is 10.1. The Morgan fingerprint density at radius 3 is 2.56 bits per heavy atom. The summed E-state index contributed by atoms with van der Waals surface area (Å²) in [6.07, 6.45) is -0.0562. The second kappa shape index (κ2) is 8.78. The van der Waals surface area contributed by atoms with E-state index in [1.165, 1.54) is 11.3 Å². The molecular weight excluding hydrogens is 362 g/mol. The molecule has 0 aliphatic heterocycles. The van der Waals surface area contributed by atoms with E-state index in [1.54, 1.807) is 18.2 Å². The normalized spacial score (nSPS) is 10.4. The van der Waals surface area contributed by atoms with Gasteiger partial charge in [-0.1, -0.05) is 23.7 Å². The van der Waals surface area contributed by atoms with Gasteiger partial charge in [-0.25, -0.2) is 0 Å². The van der Waals surface area contributed by atoms with Crippen LogP contribution in [-0.2, 0) is 14.3 Å². The number of carbonyl (C=O) groups excluding carboxylic acids is 3. The largest absolute Gasteiger partial charge is 0.456 e. The predicted octanol–water partition coefficient (Wildman–Crippen LogP) is 4.16. The van der Waals surface area contributed by atoms with Crippen LogP contribution in [0.1, 0.15) is 33.6 Å². The lowest BCUT2D eigenvalue weighted by molar-refractivity contribution is -0.147. The van der Waals surface area contributed by atoms with E-state index in [0.717, 1.165) is 11.1 Å². The van der Waals surface area contributed by atoms with Crippen LogP contribution >= 0.6 is 22.9 Å². The number of halogens is 1. The second-order valence-corrected chi connectivity index (χ2v) is 7.20. The van der Waals surface area contributed by atoms with Gasteiger partial charge in [0.2, 0.25) is 0 Å². The van der Waals surface area contributed by atoms with Crippen molar-refractivity contribution < 1.29 is 19.1 Å². The first-order chi connectivity index (χ1) is 11.9. The number of carbonyl (C=O) groups is 3. The molecule has 25 heavy (non-hydrogen) atoms. The molecule has 0 aliphatic rings. The smallest absolute Gasteiger partial charge is 0.306 e. The number of amides is 1. The third-order valence-electron chi connectivity index (χ3n) is 3.65. The Morgan fingerprint density at radius 2 is 1.88 bits per heavy atom. The molecule has 0 bridgehead atoms. The Kier molecular flexibility index (Phi) is 6.73. The van der Waals surface area contributed by atoms with Crippen LogP contribution in [0.15, 0.2) is 30.3 Å². The Hall–Kier alpha value is -2.18. The minimum absolute atomic E-state index is 0.0221. The molecule has 1 amide bonds. The average molecular weight is 380 g/mol. The maximum atomic E-state index is 11.9. The Balaban J connectivity index is 1.75. The van der Waals surface area contributed by atoms with Crippen molar-refractivity contribution in [2.45, 2.75) is 26.7 Å². The Bertz CT molecular complexity index is 800. The minimum Gasteiger partial charge on any atom is -0.456 e. The molecule has 1 heterocycles. The van der Waals surface area contributed by atoms with Crippen molar-refractivity contribution in [3.8, 4) is 0 Å². The van der Waals surface area contributed by atoms with Gasteiger partial charge in [-0.05, 0) is 43.2 Å². The number of rotatable bonds is 7. The summed E-state index contributed by atoms with van der Waals surface area (Å²) >= 11 is 6.94. The number of esters is 1. The summed E-state index contributed by atoms with van der Waals surface area (Å²) in [5.41, 5.74) is 2.70. The highest BCUT2D eigenvalue weighted by Crippen LogP contribution is 2.23. The first-order valence-electron chi connectivity index (χ1n) is 7.67. The number of benzene rings is 1. The fourth-order valence-electron chi connectivity index (χ4n) is 2.09. The highest BCUT2D eigenvalue weighted by Gasteiger charge is 2.14. The highest BCUT2D eigenvalue weighted by molar-refractivity contribution is 7.18. The molecule has 0 spiro atoms. The summed E-state index contributed by atoms with van der Waals surface area (Å²) < 4.78 is 5.43. The average Bonchev–Trinajstić information content (AvgIpc) is 3.01. The number of ether oxygens (including phenoxy) is 1. The van der Waals surface area contributed by atoms with Crippen molar-refractivity contribution >= 4 is 46.3 Å². The van der Waals surface area contributed by atoms with Crippen LogP contribution in [-0.4, -0.2) is 24.3 Å². The minimum atomic E-state index is -0.591. The quantitative estimate of drug-likeness (QED) is 0.579. The van der Waals surface area contributed by atoms with Crippen LogP contribution in [0, 0.1) is 13.8 Å². The summed E-state index contributed by atoms with van der Waals surface area (Å²) in [6, 6.07) is 8.83.